The highest BCUT2D eigenvalue weighted by Crippen LogP contribution is 2.38. The van der Waals surface area contributed by atoms with Crippen LogP contribution in [0.1, 0.15) is 57.6 Å². The average Bonchev–Trinajstić information content (AvgIpc) is 3.37. The highest BCUT2D eigenvalue weighted by atomic mass is 16.5. The maximum atomic E-state index is 12.9. The zero-order valence-electron chi connectivity index (χ0n) is 19.1. The molecule has 0 saturated carbocycles. The molecule has 0 aliphatic carbocycles. The van der Waals surface area contributed by atoms with Crippen LogP contribution in [0.5, 0.6) is 5.75 Å². The van der Waals surface area contributed by atoms with E-state index in [-0.39, 0.29) is 11.5 Å². The molecule has 0 saturated heterocycles. The minimum absolute atomic E-state index is 0.224. The lowest BCUT2D eigenvalue weighted by Crippen LogP contribution is -2.29. The lowest BCUT2D eigenvalue weighted by atomic mass is 9.80. The number of carbonyl (C=O) groups excluding carboxylic acids is 1. The van der Waals surface area contributed by atoms with Crippen LogP contribution in [0.4, 0.5) is 5.69 Å². The molecule has 3 heterocycles. The Morgan fingerprint density at radius 1 is 1.23 bits per heavy atom. The van der Waals surface area contributed by atoms with Gasteiger partial charge in [0.05, 0.1) is 17.8 Å². The van der Waals surface area contributed by atoms with E-state index in [9.17, 15) is 20.0 Å². The van der Waals surface area contributed by atoms with E-state index in [1.165, 1.54) is 24.1 Å². The Labute approximate surface area is 199 Å². The monoisotopic (exact) mass is 471 g/mol. The van der Waals surface area contributed by atoms with Gasteiger partial charge in [-0.05, 0) is 24.1 Å². The number of hydrogen-bond donors (Lipinski definition) is 2. The summed E-state index contributed by atoms with van der Waals surface area (Å²) in [7, 11) is 1.46. The van der Waals surface area contributed by atoms with Crippen molar-refractivity contribution in [1.29, 1.82) is 5.26 Å². The van der Waals surface area contributed by atoms with Gasteiger partial charge >= 0.3 is 0 Å². The molecule has 0 unspecified atom stereocenters. The molecule has 11 nitrogen and oxygen atoms in total. The fourth-order valence-corrected chi connectivity index (χ4v) is 3.95. The predicted octanol–water partition coefficient (Wildman–Crippen LogP) is 2.63. The Balaban J connectivity index is 1.86. The number of carbonyl (C=O) groups is 1. The van der Waals surface area contributed by atoms with E-state index >= 15 is 0 Å². The third-order valence-corrected chi connectivity index (χ3v) is 5.69. The van der Waals surface area contributed by atoms with Crippen LogP contribution in [-0.2, 0) is 7.05 Å². The van der Waals surface area contributed by atoms with Crippen LogP contribution in [0.25, 0.3) is 0 Å². The lowest BCUT2D eigenvalue weighted by Gasteiger charge is -2.26. The molecule has 0 radical (unpaired) electrons. The van der Waals surface area contributed by atoms with Gasteiger partial charge in [0.15, 0.2) is 5.69 Å². The van der Waals surface area contributed by atoms with Gasteiger partial charge < -0.3 is 14.9 Å². The number of anilines is 1. The second-order valence-corrected chi connectivity index (χ2v) is 7.93. The van der Waals surface area contributed by atoms with E-state index in [1.54, 1.807) is 31.5 Å². The van der Waals surface area contributed by atoms with E-state index in [0.717, 1.165) is 0 Å². The molecule has 1 amide bonds. The summed E-state index contributed by atoms with van der Waals surface area (Å²) >= 11 is 0. The number of nitriles is 1. The SMILES string of the molecule is Cc1ncc([C@@H](c2ccccc2C#N)[C@H](C)c2nc(C(=O)Nc3cnoc3)c(O)c(=O)n2C)cn1. The van der Waals surface area contributed by atoms with Crippen LogP contribution in [0.15, 0.2) is 58.4 Å². The normalized spacial score (nSPS) is 12.5. The molecule has 0 bridgehead atoms. The molecule has 176 valence electrons. The van der Waals surface area contributed by atoms with Crippen molar-refractivity contribution in [1.82, 2.24) is 24.7 Å². The van der Waals surface area contributed by atoms with Crippen LogP contribution in [0.3, 0.4) is 0 Å². The summed E-state index contributed by atoms with van der Waals surface area (Å²) in [4.78, 5) is 38.7. The maximum Gasteiger partial charge on any atom is 0.296 e. The molecule has 2 atom stereocenters. The molecule has 0 fully saturated rings. The number of aryl methyl sites for hydroxylation is 1. The van der Waals surface area contributed by atoms with Crippen molar-refractivity contribution >= 4 is 11.6 Å². The molecule has 0 spiro atoms. The molecule has 4 rings (SSSR count). The Hall–Kier alpha value is -4.85. The molecule has 4 aromatic rings. The van der Waals surface area contributed by atoms with Gasteiger partial charge in [-0.1, -0.05) is 30.3 Å². The summed E-state index contributed by atoms with van der Waals surface area (Å²) in [5.41, 5.74) is 0.841. The Morgan fingerprint density at radius 2 is 1.94 bits per heavy atom. The Bertz CT molecular complexity index is 1470. The van der Waals surface area contributed by atoms with Gasteiger partial charge in [-0.25, -0.2) is 15.0 Å². The van der Waals surface area contributed by atoms with Gasteiger partial charge in [-0.3, -0.25) is 14.2 Å². The van der Waals surface area contributed by atoms with E-state index in [4.69, 9.17) is 4.52 Å². The van der Waals surface area contributed by atoms with E-state index in [1.807, 2.05) is 19.1 Å². The first-order valence-electron chi connectivity index (χ1n) is 10.6. The standard InChI is InChI=1S/C24H21N7O4/c1-13(19(16-9-26-14(2)27-10-16)18-7-5-4-6-15(18)8-25)22-30-20(21(32)24(34)31(22)3)23(33)29-17-11-28-35-12-17/h4-7,9-13,19,32H,1-3H3,(H,29,33)/t13-,19-/m0/s1. The zero-order chi connectivity index (χ0) is 25.1. The molecule has 0 aliphatic heterocycles. The minimum Gasteiger partial charge on any atom is -0.501 e. The minimum atomic E-state index is -0.801. The Morgan fingerprint density at radius 3 is 2.60 bits per heavy atom. The van der Waals surface area contributed by atoms with Gasteiger partial charge in [-0.2, -0.15) is 5.26 Å². The van der Waals surface area contributed by atoms with Crippen LogP contribution in [0.2, 0.25) is 0 Å². The molecule has 0 aliphatic rings. The van der Waals surface area contributed by atoms with Crippen LogP contribution in [-0.4, -0.2) is 35.7 Å². The number of aromatic nitrogens is 5. The fraction of sp³-hybridized carbons (Fsp3) is 0.208. The average molecular weight is 471 g/mol. The molecule has 3 aromatic heterocycles. The van der Waals surface area contributed by atoms with Crippen LogP contribution >= 0.6 is 0 Å². The number of nitrogens with one attached hydrogen (secondary N) is 1. The van der Waals surface area contributed by atoms with Crippen LogP contribution in [0, 0.1) is 18.3 Å². The second kappa shape index (κ2) is 9.56. The van der Waals surface area contributed by atoms with Crippen molar-refractivity contribution in [2.75, 3.05) is 5.32 Å². The summed E-state index contributed by atoms with van der Waals surface area (Å²) < 4.78 is 5.88. The van der Waals surface area contributed by atoms with Crippen molar-refractivity contribution in [3.8, 4) is 11.8 Å². The summed E-state index contributed by atoms with van der Waals surface area (Å²) in [6.45, 7) is 3.58. The van der Waals surface area contributed by atoms with Gasteiger partial charge in [0.2, 0.25) is 5.75 Å². The molecule has 2 N–H and O–H groups in total. The summed E-state index contributed by atoms with van der Waals surface area (Å²) in [6, 6.07) is 9.29. The quantitative estimate of drug-likeness (QED) is 0.431. The van der Waals surface area contributed by atoms with Gasteiger partial charge in [-0.15, -0.1) is 0 Å². The molecular weight excluding hydrogens is 450 g/mol. The smallest absolute Gasteiger partial charge is 0.296 e. The van der Waals surface area contributed by atoms with Crippen molar-refractivity contribution in [3.05, 3.63) is 93.5 Å². The Kier molecular flexibility index (Phi) is 6.37. The first kappa shape index (κ1) is 23.3. The zero-order valence-corrected chi connectivity index (χ0v) is 19.1. The highest BCUT2D eigenvalue weighted by molar-refractivity contribution is 6.04. The highest BCUT2D eigenvalue weighted by Gasteiger charge is 2.31. The largest absolute Gasteiger partial charge is 0.501 e. The van der Waals surface area contributed by atoms with Crippen molar-refractivity contribution in [2.24, 2.45) is 7.05 Å². The molecule has 11 heteroatoms. The van der Waals surface area contributed by atoms with Gasteiger partial charge in [0, 0.05) is 31.3 Å². The number of rotatable bonds is 6. The molecule has 1 aromatic carbocycles. The lowest BCUT2D eigenvalue weighted by molar-refractivity contribution is 0.101. The fourth-order valence-electron chi connectivity index (χ4n) is 3.95. The van der Waals surface area contributed by atoms with E-state index < -0.39 is 34.7 Å². The van der Waals surface area contributed by atoms with Crippen molar-refractivity contribution < 1.29 is 14.4 Å². The third kappa shape index (κ3) is 4.49. The van der Waals surface area contributed by atoms with Gasteiger partial charge in [0.1, 0.15) is 23.6 Å². The molecule has 35 heavy (non-hydrogen) atoms. The predicted molar refractivity (Wildman–Crippen MR) is 124 cm³/mol. The van der Waals surface area contributed by atoms with Crippen molar-refractivity contribution in [2.45, 2.75) is 25.7 Å². The summed E-state index contributed by atoms with van der Waals surface area (Å²) in [5, 5.41) is 26.1. The number of aromatic hydroxyl groups is 1. The van der Waals surface area contributed by atoms with E-state index in [0.29, 0.717) is 22.5 Å². The summed E-state index contributed by atoms with van der Waals surface area (Å²) in [5.74, 6) is -1.80. The van der Waals surface area contributed by atoms with Crippen LogP contribution < -0.4 is 10.9 Å². The second-order valence-electron chi connectivity index (χ2n) is 7.93. The topological polar surface area (TPSA) is 160 Å². The van der Waals surface area contributed by atoms with E-state index in [2.05, 4.69) is 31.5 Å². The first-order valence-corrected chi connectivity index (χ1v) is 10.6. The number of hydrogen-bond acceptors (Lipinski definition) is 9. The number of nitrogens with zero attached hydrogens (tertiary/aromatic N) is 6. The van der Waals surface area contributed by atoms with Crippen molar-refractivity contribution in [3.63, 3.8) is 0 Å². The number of amides is 1. The summed E-state index contributed by atoms with van der Waals surface area (Å²) in [6.07, 6.45) is 5.79. The maximum absolute atomic E-state index is 12.9. The van der Waals surface area contributed by atoms with Gasteiger partial charge in [0.25, 0.3) is 11.5 Å². The molecular formula is C24H21N7O4. The third-order valence-electron chi connectivity index (χ3n) is 5.69. The number of benzene rings is 1. The first-order chi connectivity index (χ1) is 16.8.